The van der Waals surface area contributed by atoms with Crippen molar-refractivity contribution in [2.24, 2.45) is 0 Å². The van der Waals surface area contributed by atoms with Crippen molar-refractivity contribution in [2.75, 3.05) is 33.2 Å². The number of methoxy groups -OCH3 is 4. The van der Waals surface area contributed by atoms with Crippen LogP contribution < -0.4 is 23.7 Å². The zero-order valence-corrected chi connectivity index (χ0v) is 20.2. The number of nitrogens with one attached hydrogen (secondary N) is 1. The topological polar surface area (TPSA) is 83.1 Å². The minimum atomic E-state index is -3.86. The highest BCUT2D eigenvalue weighted by Gasteiger charge is 2.17. The Hall–Kier alpha value is -3.36. The monoisotopic (exact) mass is 489 g/mol. The number of halogens is 1. The molecule has 0 aliphatic heterocycles. The fourth-order valence-electron chi connectivity index (χ4n) is 3.14. The third kappa shape index (κ3) is 5.71. The van der Waals surface area contributed by atoms with Crippen LogP contribution in [0.15, 0.2) is 59.5 Å². The molecule has 0 bridgehead atoms. The molecular formula is C24H24ClNO6S. The summed E-state index contributed by atoms with van der Waals surface area (Å²) in [6.07, 6.45) is 3.68. The first-order valence-corrected chi connectivity index (χ1v) is 11.6. The predicted octanol–water partition coefficient (Wildman–Crippen LogP) is 5.35. The fourth-order valence-corrected chi connectivity index (χ4v) is 4.50. The van der Waals surface area contributed by atoms with E-state index in [0.717, 1.165) is 11.1 Å². The first kappa shape index (κ1) is 24.3. The van der Waals surface area contributed by atoms with Crippen LogP contribution in [0.5, 0.6) is 23.0 Å². The molecule has 0 heterocycles. The Kier molecular flexibility index (Phi) is 7.73. The van der Waals surface area contributed by atoms with Crippen LogP contribution in [-0.4, -0.2) is 36.9 Å². The second kappa shape index (κ2) is 10.5. The molecular weight excluding hydrogens is 466 g/mol. The first-order valence-electron chi connectivity index (χ1n) is 9.75. The van der Waals surface area contributed by atoms with E-state index in [2.05, 4.69) is 4.72 Å². The molecule has 174 valence electrons. The maximum absolute atomic E-state index is 12.8. The maximum atomic E-state index is 12.8. The zero-order chi connectivity index (χ0) is 24.0. The Balaban J connectivity index is 1.94. The van der Waals surface area contributed by atoms with Gasteiger partial charge < -0.3 is 18.9 Å². The molecule has 0 fully saturated rings. The summed E-state index contributed by atoms with van der Waals surface area (Å²) in [6, 6.07) is 14.8. The Morgan fingerprint density at radius 3 is 1.97 bits per heavy atom. The van der Waals surface area contributed by atoms with Crippen molar-refractivity contribution in [1.82, 2.24) is 0 Å². The minimum Gasteiger partial charge on any atom is -0.495 e. The molecule has 0 saturated heterocycles. The van der Waals surface area contributed by atoms with Crippen LogP contribution in [0.3, 0.4) is 0 Å². The van der Waals surface area contributed by atoms with Crippen molar-refractivity contribution >= 4 is 39.5 Å². The summed E-state index contributed by atoms with van der Waals surface area (Å²) < 4.78 is 49.7. The van der Waals surface area contributed by atoms with Gasteiger partial charge in [0, 0.05) is 5.02 Å². The highest BCUT2D eigenvalue weighted by atomic mass is 35.5. The van der Waals surface area contributed by atoms with Gasteiger partial charge in [0.25, 0.3) is 10.0 Å². The number of anilines is 1. The largest absolute Gasteiger partial charge is 0.495 e. The number of benzene rings is 3. The summed E-state index contributed by atoms with van der Waals surface area (Å²) in [5.41, 5.74) is 1.85. The number of rotatable bonds is 9. The summed E-state index contributed by atoms with van der Waals surface area (Å²) >= 11 is 5.95. The van der Waals surface area contributed by atoms with Crippen molar-refractivity contribution in [2.45, 2.75) is 4.90 Å². The van der Waals surface area contributed by atoms with Gasteiger partial charge >= 0.3 is 0 Å². The van der Waals surface area contributed by atoms with Crippen molar-refractivity contribution in [1.29, 1.82) is 0 Å². The summed E-state index contributed by atoms with van der Waals surface area (Å²) in [5, 5.41) is 0.326. The standard InChI is InChI=1S/C24H24ClNO6S/c1-29-21-11-10-16(8-9-17-13-22(30-2)24(32-4)23(14-17)31-3)12-20(21)26-33(27,28)19-7-5-6-18(25)15-19/h5-15,26H,1-4H3. The smallest absolute Gasteiger partial charge is 0.262 e. The SMILES string of the molecule is COc1ccc(C=Cc2cc(OC)c(OC)c(OC)c2)cc1NS(=O)(=O)c1cccc(Cl)c1. The van der Waals surface area contributed by atoms with Crippen molar-refractivity contribution in [3.05, 3.63) is 70.7 Å². The van der Waals surface area contributed by atoms with E-state index in [1.165, 1.54) is 19.2 Å². The Labute approximate surface area is 198 Å². The second-order valence-corrected chi connectivity index (χ2v) is 8.93. The molecule has 0 unspecified atom stereocenters. The Morgan fingerprint density at radius 1 is 0.758 bits per heavy atom. The number of hydrogen-bond donors (Lipinski definition) is 1. The van der Waals surface area contributed by atoms with E-state index >= 15 is 0 Å². The van der Waals surface area contributed by atoms with Crippen LogP contribution in [0.4, 0.5) is 5.69 Å². The van der Waals surface area contributed by atoms with Crippen LogP contribution in [0.2, 0.25) is 5.02 Å². The summed E-state index contributed by atoms with van der Waals surface area (Å²) in [5.74, 6) is 1.94. The van der Waals surface area contributed by atoms with E-state index in [4.69, 9.17) is 30.5 Å². The molecule has 3 aromatic carbocycles. The average molecular weight is 490 g/mol. The van der Waals surface area contributed by atoms with Gasteiger partial charge in [-0.05, 0) is 53.6 Å². The molecule has 7 nitrogen and oxygen atoms in total. The normalized spacial score (nSPS) is 11.3. The van der Waals surface area contributed by atoms with Gasteiger partial charge in [-0.3, -0.25) is 4.72 Å². The highest BCUT2D eigenvalue weighted by molar-refractivity contribution is 7.92. The van der Waals surface area contributed by atoms with E-state index in [-0.39, 0.29) is 4.90 Å². The molecule has 0 aromatic heterocycles. The van der Waals surface area contributed by atoms with E-state index < -0.39 is 10.0 Å². The van der Waals surface area contributed by atoms with Crippen molar-refractivity contribution in [3.63, 3.8) is 0 Å². The number of hydrogen-bond acceptors (Lipinski definition) is 6. The van der Waals surface area contributed by atoms with Gasteiger partial charge in [-0.2, -0.15) is 0 Å². The van der Waals surface area contributed by atoms with Crippen LogP contribution in [0, 0.1) is 0 Å². The molecule has 0 aliphatic rings. The Bertz CT molecular complexity index is 1250. The number of sulfonamides is 1. The van der Waals surface area contributed by atoms with Crippen molar-refractivity contribution < 1.29 is 27.4 Å². The number of ether oxygens (including phenoxy) is 4. The lowest BCUT2D eigenvalue weighted by molar-refractivity contribution is 0.324. The molecule has 0 spiro atoms. The van der Waals surface area contributed by atoms with Gasteiger partial charge in [0.2, 0.25) is 5.75 Å². The minimum absolute atomic E-state index is 0.0513. The molecule has 3 rings (SSSR count). The van der Waals surface area contributed by atoms with Gasteiger partial charge in [0.1, 0.15) is 5.75 Å². The summed E-state index contributed by atoms with van der Waals surface area (Å²) in [6.45, 7) is 0. The third-order valence-electron chi connectivity index (χ3n) is 4.73. The Morgan fingerprint density at radius 2 is 1.39 bits per heavy atom. The third-order valence-corrected chi connectivity index (χ3v) is 6.33. The molecule has 0 saturated carbocycles. The lowest BCUT2D eigenvalue weighted by Crippen LogP contribution is -2.13. The van der Waals surface area contributed by atoms with Gasteiger partial charge in [0.15, 0.2) is 11.5 Å². The summed E-state index contributed by atoms with van der Waals surface area (Å²) in [4.78, 5) is 0.0513. The van der Waals surface area contributed by atoms with E-state index in [9.17, 15) is 8.42 Å². The van der Waals surface area contributed by atoms with Gasteiger partial charge in [0.05, 0.1) is 39.0 Å². The van der Waals surface area contributed by atoms with Crippen LogP contribution >= 0.6 is 11.6 Å². The predicted molar refractivity (Wildman–Crippen MR) is 130 cm³/mol. The van der Waals surface area contributed by atoms with Crippen molar-refractivity contribution in [3.8, 4) is 23.0 Å². The van der Waals surface area contributed by atoms with Crippen LogP contribution in [0.25, 0.3) is 12.2 Å². The van der Waals surface area contributed by atoms with Gasteiger partial charge in [-0.1, -0.05) is 35.9 Å². The van der Waals surface area contributed by atoms with Gasteiger partial charge in [-0.25, -0.2) is 8.42 Å². The first-order chi connectivity index (χ1) is 15.8. The second-order valence-electron chi connectivity index (χ2n) is 6.81. The lowest BCUT2D eigenvalue weighted by Gasteiger charge is -2.13. The molecule has 0 aliphatic carbocycles. The highest BCUT2D eigenvalue weighted by Crippen LogP contribution is 2.38. The molecule has 0 atom stereocenters. The molecule has 3 aromatic rings. The van der Waals surface area contributed by atoms with Gasteiger partial charge in [-0.15, -0.1) is 0 Å². The molecule has 33 heavy (non-hydrogen) atoms. The van der Waals surface area contributed by atoms with E-state index in [0.29, 0.717) is 33.7 Å². The van der Waals surface area contributed by atoms with Crippen LogP contribution in [0.1, 0.15) is 11.1 Å². The molecule has 0 radical (unpaired) electrons. The van der Waals surface area contributed by atoms with E-state index in [1.54, 1.807) is 45.6 Å². The molecule has 9 heteroatoms. The maximum Gasteiger partial charge on any atom is 0.262 e. The quantitative estimate of drug-likeness (QED) is 0.408. The molecule has 1 N–H and O–H groups in total. The lowest BCUT2D eigenvalue weighted by atomic mass is 10.1. The molecule has 0 amide bonds. The average Bonchev–Trinajstić information content (AvgIpc) is 2.81. The zero-order valence-electron chi connectivity index (χ0n) is 18.6. The van der Waals surface area contributed by atoms with Crippen LogP contribution in [-0.2, 0) is 10.0 Å². The van der Waals surface area contributed by atoms with E-state index in [1.807, 2.05) is 30.4 Å². The fraction of sp³-hybridized carbons (Fsp3) is 0.167. The summed E-state index contributed by atoms with van der Waals surface area (Å²) in [7, 11) is 2.24.